The highest BCUT2D eigenvalue weighted by atomic mass is 16.5. The fraction of sp³-hybridized carbons (Fsp3) is 0.263. The normalized spacial score (nSPS) is 13.7. The van der Waals surface area contributed by atoms with Gasteiger partial charge in [-0.3, -0.25) is 4.79 Å². The Kier molecular flexibility index (Phi) is 4.51. The van der Waals surface area contributed by atoms with Crippen molar-refractivity contribution in [1.82, 2.24) is 5.32 Å². The molecule has 3 N–H and O–H groups in total. The first-order valence-corrected chi connectivity index (χ1v) is 8.02. The van der Waals surface area contributed by atoms with Crippen molar-refractivity contribution in [3.63, 3.8) is 0 Å². The van der Waals surface area contributed by atoms with Gasteiger partial charge in [-0.25, -0.2) is 4.79 Å². The minimum Gasteiger partial charge on any atom is -0.449 e. The maximum absolute atomic E-state index is 12.0. The van der Waals surface area contributed by atoms with E-state index in [1.54, 1.807) is 6.92 Å². The molecular formula is C19H20N2O3. The van der Waals surface area contributed by atoms with Crippen molar-refractivity contribution < 1.29 is 14.3 Å². The molecule has 0 saturated carbocycles. The first-order chi connectivity index (χ1) is 11.6. The summed E-state index contributed by atoms with van der Waals surface area (Å²) in [6, 6.07) is 15.5. The van der Waals surface area contributed by atoms with Crippen molar-refractivity contribution in [1.29, 1.82) is 0 Å². The van der Waals surface area contributed by atoms with Crippen molar-refractivity contribution in [3.8, 4) is 11.1 Å². The zero-order valence-electron chi connectivity index (χ0n) is 13.5. The van der Waals surface area contributed by atoms with Gasteiger partial charge in [-0.15, -0.1) is 0 Å². The van der Waals surface area contributed by atoms with Gasteiger partial charge >= 0.3 is 6.09 Å². The smallest absolute Gasteiger partial charge is 0.407 e. The highest BCUT2D eigenvalue weighted by Crippen LogP contribution is 2.44. The Labute approximate surface area is 140 Å². The molecule has 2 amide bonds. The van der Waals surface area contributed by atoms with Crippen molar-refractivity contribution in [3.05, 3.63) is 59.7 Å². The lowest BCUT2D eigenvalue weighted by Gasteiger charge is -2.17. The second-order valence-corrected chi connectivity index (χ2v) is 5.83. The Morgan fingerprint density at radius 2 is 1.62 bits per heavy atom. The van der Waals surface area contributed by atoms with Gasteiger partial charge in [0.05, 0.1) is 0 Å². The molecule has 0 heterocycles. The van der Waals surface area contributed by atoms with Gasteiger partial charge in [-0.05, 0) is 28.7 Å². The van der Waals surface area contributed by atoms with Gasteiger partial charge in [0.2, 0.25) is 5.91 Å². The quantitative estimate of drug-likeness (QED) is 0.887. The van der Waals surface area contributed by atoms with Gasteiger partial charge in [0.1, 0.15) is 12.6 Å². The summed E-state index contributed by atoms with van der Waals surface area (Å²) in [5.41, 5.74) is 9.87. The number of hydrogen-bond acceptors (Lipinski definition) is 3. The van der Waals surface area contributed by atoms with E-state index >= 15 is 0 Å². The predicted molar refractivity (Wildman–Crippen MR) is 91.5 cm³/mol. The molecule has 1 aliphatic carbocycles. The third kappa shape index (κ3) is 2.97. The zero-order chi connectivity index (χ0) is 17.1. The van der Waals surface area contributed by atoms with E-state index in [0.717, 1.165) is 11.1 Å². The molecular weight excluding hydrogens is 304 g/mol. The first kappa shape index (κ1) is 16.1. The highest BCUT2D eigenvalue weighted by Gasteiger charge is 2.29. The molecule has 5 heteroatoms. The number of fused-ring (bicyclic) bond motifs is 3. The molecule has 0 aliphatic heterocycles. The maximum atomic E-state index is 12.0. The van der Waals surface area contributed by atoms with Gasteiger partial charge in [0.15, 0.2) is 0 Å². The largest absolute Gasteiger partial charge is 0.449 e. The number of carbonyl (C=O) groups excluding carboxylic acids is 2. The Morgan fingerprint density at radius 3 is 2.12 bits per heavy atom. The fourth-order valence-corrected chi connectivity index (χ4v) is 3.16. The number of nitrogens with one attached hydrogen (secondary N) is 1. The van der Waals surface area contributed by atoms with E-state index in [-0.39, 0.29) is 12.5 Å². The third-order valence-electron chi connectivity index (χ3n) is 4.39. The molecule has 1 aliphatic rings. The number of amides is 2. The molecule has 0 aromatic heterocycles. The topological polar surface area (TPSA) is 81.4 Å². The number of benzene rings is 2. The van der Waals surface area contributed by atoms with Crippen molar-refractivity contribution in [2.24, 2.45) is 5.73 Å². The molecule has 1 unspecified atom stereocenters. The Bertz CT molecular complexity index is 727. The van der Waals surface area contributed by atoms with Crippen LogP contribution in [0.2, 0.25) is 0 Å². The lowest BCUT2D eigenvalue weighted by molar-refractivity contribution is -0.120. The van der Waals surface area contributed by atoms with Crippen LogP contribution in [0.4, 0.5) is 4.79 Å². The number of rotatable bonds is 5. The highest BCUT2D eigenvalue weighted by molar-refractivity contribution is 5.84. The van der Waals surface area contributed by atoms with Gasteiger partial charge in [0.25, 0.3) is 0 Å². The third-order valence-corrected chi connectivity index (χ3v) is 4.39. The van der Waals surface area contributed by atoms with Crippen molar-refractivity contribution >= 4 is 12.0 Å². The predicted octanol–water partition coefficient (Wildman–Crippen LogP) is 2.79. The maximum Gasteiger partial charge on any atom is 0.407 e. The Hall–Kier alpha value is -2.82. The van der Waals surface area contributed by atoms with E-state index in [9.17, 15) is 9.59 Å². The van der Waals surface area contributed by atoms with Crippen LogP contribution in [-0.2, 0) is 9.53 Å². The summed E-state index contributed by atoms with van der Waals surface area (Å²) in [4.78, 5) is 23.2. The summed E-state index contributed by atoms with van der Waals surface area (Å²) in [6.07, 6.45) is -0.193. The SMILES string of the molecule is CCC(NC(=O)OCC1c2ccccc2-c2ccccc21)C(N)=O. The average Bonchev–Trinajstić information content (AvgIpc) is 2.91. The summed E-state index contributed by atoms with van der Waals surface area (Å²) in [5.74, 6) is -0.567. The summed E-state index contributed by atoms with van der Waals surface area (Å²) in [7, 11) is 0. The van der Waals surface area contributed by atoms with Gasteiger partial charge in [0, 0.05) is 5.92 Å². The Balaban J connectivity index is 1.74. The molecule has 0 bridgehead atoms. The van der Waals surface area contributed by atoms with Crippen LogP contribution in [0.3, 0.4) is 0 Å². The van der Waals surface area contributed by atoms with E-state index in [2.05, 4.69) is 29.6 Å². The zero-order valence-corrected chi connectivity index (χ0v) is 13.5. The summed E-state index contributed by atoms with van der Waals surface area (Å²) < 4.78 is 5.36. The van der Waals surface area contributed by atoms with Crippen molar-refractivity contribution in [2.75, 3.05) is 6.61 Å². The van der Waals surface area contributed by atoms with Crippen LogP contribution in [0.15, 0.2) is 48.5 Å². The molecule has 24 heavy (non-hydrogen) atoms. The van der Waals surface area contributed by atoms with Crippen LogP contribution < -0.4 is 11.1 Å². The van der Waals surface area contributed by atoms with Crippen LogP contribution in [0.1, 0.15) is 30.4 Å². The summed E-state index contributed by atoms with van der Waals surface area (Å²) in [5, 5.41) is 2.50. The van der Waals surface area contributed by atoms with E-state index in [4.69, 9.17) is 10.5 Å². The van der Waals surface area contributed by atoms with Crippen LogP contribution in [0, 0.1) is 0 Å². The molecule has 0 spiro atoms. The molecule has 0 saturated heterocycles. The fourth-order valence-electron chi connectivity index (χ4n) is 3.16. The number of primary amides is 1. The minimum absolute atomic E-state index is 0.00296. The standard InChI is InChI=1S/C19H20N2O3/c1-2-17(18(20)22)21-19(23)24-11-16-14-9-5-3-7-12(14)13-8-4-6-10-15(13)16/h3-10,16-17H,2,11H2,1H3,(H2,20,22)(H,21,23). The van der Waals surface area contributed by atoms with E-state index in [1.807, 2.05) is 24.3 Å². The number of carbonyl (C=O) groups is 2. The number of ether oxygens (including phenoxy) is 1. The van der Waals surface area contributed by atoms with Crippen LogP contribution in [0.5, 0.6) is 0 Å². The lowest BCUT2D eigenvalue weighted by atomic mass is 9.98. The number of hydrogen-bond donors (Lipinski definition) is 2. The molecule has 0 radical (unpaired) electrons. The number of alkyl carbamates (subject to hydrolysis) is 1. The molecule has 2 aromatic carbocycles. The minimum atomic E-state index is -0.708. The summed E-state index contributed by atoms with van der Waals surface area (Å²) in [6.45, 7) is 1.99. The molecule has 0 fully saturated rings. The van der Waals surface area contributed by atoms with Crippen LogP contribution in [-0.4, -0.2) is 24.6 Å². The first-order valence-electron chi connectivity index (χ1n) is 8.02. The van der Waals surface area contributed by atoms with Crippen LogP contribution >= 0.6 is 0 Å². The van der Waals surface area contributed by atoms with E-state index in [0.29, 0.717) is 6.42 Å². The molecule has 1 atom stereocenters. The van der Waals surface area contributed by atoms with Crippen LogP contribution in [0.25, 0.3) is 11.1 Å². The monoisotopic (exact) mass is 324 g/mol. The molecule has 2 aromatic rings. The molecule has 5 nitrogen and oxygen atoms in total. The second kappa shape index (κ2) is 6.74. The van der Waals surface area contributed by atoms with Gasteiger partial charge < -0.3 is 15.8 Å². The average molecular weight is 324 g/mol. The van der Waals surface area contributed by atoms with Gasteiger partial charge in [-0.2, -0.15) is 0 Å². The van der Waals surface area contributed by atoms with Crippen molar-refractivity contribution in [2.45, 2.75) is 25.3 Å². The lowest BCUT2D eigenvalue weighted by Crippen LogP contribution is -2.44. The second-order valence-electron chi connectivity index (χ2n) is 5.83. The van der Waals surface area contributed by atoms with Gasteiger partial charge in [-0.1, -0.05) is 55.5 Å². The van der Waals surface area contributed by atoms with E-state index in [1.165, 1.54) is 11.1 Å². The number of nitrogens with two attached hydrogens (primary N) is 1. The van der Waals surface area contributed by atoms with E-state index < -0.39 is 18.0 Å². The summed E-state index contributed by atoms with van der Waals surface area (Å²) >= 11 is 0. The molecule has 3 rings (SSSR count). The molecule has 124 valence electrons. The Morgan fingerprint density at radius 1 is 1.08 bits per heavy atom.